The van der Waals surface area contributed by atoms with Gasteiger partial charge in [0.1, 0.15) is 11.9 Å². The summed E-state index contributed by atoms with van der Waals surface area (Å²) in [5.41, 5.74) is 0.707. The number of likely N-dealkylation sites (N-methyl/N-ethyl adjacent to an activating group) is 2. The highest BCUT2D eigenvalue weighted by atomic mass is 16.5. The fourth-order valence-corrected chi connectivity index (χ4v) is 4.37. The van der Waals surface area contributed by atoms with E-state index in [4.69, 9.17) is 4.74 Å². The lowest BCUT2D eigenvalue weighted by Gasteiger charge is -2.39. The summed E-state index contributed by atoms with van der Waals surface area (Å²) in [6, 6.07) is 8.49. The summed E-state index contributed by atoms with van der Waals surface area (Å²) in [7, 11) is 5.90. The third kappa shape index (κ3) is 5.95. The zero-order valence-electron chi connectivity index (χ0n) is 17.9. The number of rotatable bonds is 7. The highest BCUT2D eigenvalue weighted by Gasteiger charge is 2.27. The summed E-state index contributed by atoms with van der Waals surface area (Å²) in [6.07, 6.45) is 9.37. The molecule has 1 saturated carbocycles. The van der Waals surface area contributed by atoms with Crippen LogP contribution in [0.4, 0.5) is 0 Å². The summed E-state index contributed by atoms with van der Waals surface area (Å²) in [5.74, 6) is 0.877. The van der Waals surface area contributed by atoms with Gasteiger partial charge in [0, 0.05) is 44.8 Å². The van der Waals surface area contributed by atoms with Crippen molar-refractivity contribution in [2.24, 2.45) is 0 Å². The molecule has 5 heteroatoms. The molecular formula is C23H37N3O2. The van der Waals surface area contributed by atoms with Gasteiger partial charge in [-0.2, -0.15) is 0 Å². The number of benzene rings is 1. The van der Waals surface area contributed by atoms with Gasteiger partial charge in [-0.25, -0.2) is 0 Å². The van der Waals surface area contributed by atoms with Crippen LogP contribution in [-0.2, 0) is 0 Å². The van der Waals surface area contributed by atoms with Gasteiger partial charge in [0.15, 0.2) is 0 Å². The lowest BCUT2D eigenvalue weighted by atomic mass is 9.92. The molecule has 1 aliphatic heterocycles. The molecule has 0 spiro atoms. The van der Waals surface area contributed by atoms with E-state index in [9.17, 15) is 4.79 Å². The lowest BCUT2D eigenvalue weighted by Crippen LogP contribution is -2.44. The maximum Gasteiger partial charge on any atom is 0.253 e. The van der Waals surface area contributed by atoms with E-state index >= 15 is 0 Å². The van der Waals surface area contributed by atoms with Crippen LogP contribution in [0.2, 0.25) is 0 Å². The average Bonchev–Trinajstić information content (AvgIpc) is 2.73. The molecule has 2 aliphatic rings. The summed E-state index contributed by atoms with van der Waals surface area (Å²) in [4.78, 5) is 19.2. The van der Waals surface area contributed by atoms with Crippen LogP contribution in [0, 0.1) is 0 Å². The molecule has 0 unspecified atom stereocenters. The second kappa shape index (κ2) is 10.3. The van der Waals surface area contributed by atoms with Gasteiger partial charge in [0.25, 0.3) is 5.91 Å². The Labute approximate surface area is 170 Å². The predicted octanol–water partition coefficient (Wildman–Crippen LogP) is 3.50. The maximum atomic E-state index is 12.7. The quantitative estimate of drug-likeness (QED) is 0.717. The van der Waals surface area contributed by atoms with Crippen molar-refractivity contribution in [1.82, 2.24) is 14.7 Å². The van der Waals surface area contributed by atoms with E-state index in [1.165, 1.54) is 32.1 Å². The molecule has 1 amide bonds. The van der Waals surface area contributed by atoms with Crippen molar-refractivity contribution in [1.29, 1.82) is 0 Å². The smallest absolute Gasteiger partial charge is 0.253 e. The minimum Gasteiger partial charge on any atom is -0.490 e. The van der Waals surface area contributed by atoms with Crippen molar-refractivity contribution in [2.45, 2.75) is 57.1 Å². The molecular weight excluding hydrogens is 350 g/mol. The van der Waals surface area contributed by atoms with Gasteiger partial charge in [0.05, 0.1) is 0 Å². The first-order valence-electron chi connectivity index (χ1n) is 10.9. The first-order valence-corrected chi connectivity index (χ1v) is 10.9. The number of amides is 1. The van der Waals surface area contributed by atoms with Gasteiger partial charge in [-0.05, 0) is 58.0 Å². The van der Waals surface area contributed by atoms with Crippen LogP contribution in [-0.4, -0.2) is 80.1 Å². The molecule has 28 heavy (non-hydrogen) atoms. The predicted molar refractivity (Wildman–Crippen MR) is 114 cm³/mol. The van der Waals surface area contributed by atoms with Gasteiger partial charge in [-0.15, -0.1) is 0 Å². The fraction of sp³-hybridized carbons (Fsp3) is 0.696. The van der Waals surface area contributed by atoms with Crippen molar-refractivity contribution >= 4 is 5.91 Å². The topological polar surface area (TPSA) is 36.0 Å². The van der Waals surface area contributed by atoms with Gasteiger partial charge in [-0.1, -0.05) is 25.3 Å². The Morgan fingerprint density at radius 3 is 2.43 bits per heavy atom. The standard InChI is InChI=1S/C23H37N3O2/c1-24(2)16-17-25(3)23(27)19-8-7-11-22(18-19)28-21-12-14-26(15-13-21)20-9-5-4-6-10-20/h7-8,11,18,20-21H,4-6,9-10,12-17H2,1-3H3. The summed E-state index contributed by atoms with van der Waals surface area (Å²) in [6.45, 7) is 3.86. The van der Waals surface area contributed by atoms with Crippen LogP contribution < -0.4 is 4.74 Å². The van der Waals surface area contributed by atoms with E-state index in [-0.39, 0.29) is 12.0 Å². The molecule has 3 rings (SSSR count). The first kappa shape index (κ1) is 21.1. The van der Waals surface area contributed by atoms with Crippen molar-refractivity contribution in [2.75, 3.05) is 47.3 Å². The molecule has 2 fully saturated rings. The molecule has 5 nitrogen and oxygen atoms in total. The Morgan fingerprint density at radius 1 is 1.04 bits per heavy atom. The molecule has 1 saturated heterocycles. The number of carbonyl (C=O) groups excluding carboxylic acids is 1. The van der Waals surface area contributed by atoms with Crippen molar-refractivity contribution in [3.63, 3.8) is 0 Å². The molecule has 0 radical (unpaired) electrons. The van der Waals surface area contributed by atoms with Crippen LogP contribution in [0.3, 0.4) is 0 Å². The number of piperidine rings is 1. The molecule has 0 N–H and O–H groups in total. The molecule has 1 aliphatic carbocycles. The molecule has 0 atom stereocenters. The lowest BCUT2D eigenvalue weighted by molar-refractivity contribution is 0.0628. The summed E-state index contributed by atoms with van der Waals surface area (Å²) >= 11 is 0. The van der Waals surface area contributed by atoms with Crippen LogP contribution in [0.25, 0.3) is 0 Å². The highest BCUT2D eigenvalue weighted by Crippen LogP contribution is 2.27. The SMILES string of the molecule is CN(C)CCN(C)C(=O)c1cccc(OC2CCN(C3CCCCC3)CC2)c1. The molecule has 1 aromatic carbocycles. The zero-order chi connectivity index (χ0) is 19.9. The third-order valence-electron chi connectivity index (χ3n) is 6.18. The fourth-order valence-electron chi connectivity index (χ4n) is 4.37. The minimum absolute atomic E-state index is 0.0550. The Hall–Kier alpha value is -1.59. The first-order chi connectivity index (χ1) is 13.5. The van der Waals surface area contributed by atoms with Crippen LogP contribution in [0.15, 0.2) is 24.3 Å². The zero-order valence-corrected chi connectivity index (χ0v) is 17.9. The molecule has 156 valence electrons. The van der Waals surface area contributed by atoms with Crippen molar-refractivity contribution in [3.05, 3.63) is 29.8 Å². The third-order valence-corrected chi connectivity index (χ3v) is 6.18. The average molecular weight is 388 g/mol. The molecule has 0 bridgehead atoms. The highest BCUT2D eigenvalue weighted by molar-refractivity contribution is 5.94. The number of hydrogen-bond donors (Lipinski definition) is 0. The number of carbonyl (C=O) groups is 1. The number of nitrogens with zero attached hydrogens (tertiary/aromatic N) is 3. The van der Waals surface area contributed by atoms with Crippen LogP contribution >= 0.6 is 0 Å². The van der Waals surface area contributed by atoms with Gasteiger partial charge < -0.3 is 19.4 Å². The number of ether oxygens (including phenoxy) is 1. The van der Waals surface area contributed by atoms with Crippen LogP contribution in [0.5, 0.6) is 5.75 Å². The van der Waals surface area contributed by atoms with E-state index in [1.54, 1.807) is 4.90 Å². The molecule has 0 aromatic heterocycles. The monoisotopic (exact) mass is 387 g/mol. The second-order valence-corrected chi connectivity index (χ2v) is 8.70. The van der Waals surface area contributed by atoms with Crippen LogP contribution in [0.1, 0.15) is 55.3 Å². The van der Waals surface area contributed by atoms with Gasteiger partial charge >= 0.3 is 0 Å². The minimum atomic E-state index is 0.0550. The maximum absolute atomic E-state index is 12.7. The van der Waals surface area contributed by atoms with E-state index in [0.29, 0.717) is 5.56 Å². The van der Waals surface area contributed by atoms with Gasteiger partial charge in [0.2, 0.25) is 0 Å². The van der Waals surface area contributed by atoms with E-state index in [0.717, 1.165) is 50.8 Å². The Balaban J connectivity index is 1.50. The van der Waals surface area contributed by atoms with E-state index < -0.39 is 0 Å². The van der Waals surface area contributed by atoms with E-state index in [1.807, 2.05) is 45.4 Å². The number of likely N-dealkylation sites (tertiary alicyclic amines) is 1. The molecule has 1 aromatic rings. The largest absolute Gasteiger partial charge is 0.490 e. The number of hydrogen-bond acceptors (Lipinski definition) is 4. The Morgan fingerprint density at radius 2 is 1.75 bits per heavy atom. The molecule has 1 heterocycles. The van der Waals surface area contributed by atoms with Crippen molar-refractivity contribution < 1.29 is 9.53 Å². The Bertz CT molecular complexity index is 620. The van der Waals surface area contributed by atoms with Crippen molar-refractivity contribution in [3.8, 4) is 5.75 Å². The summed E-state index contributed by atoms with van der Waals surface area (Å²) in [5, 5.41) is 0. The normalized spacial score (nSPS) is 19.7. The second-order valence-electron chi connectivity index (χ2n) is 8.70. The van der Waals surface area contributed by atoms with E-state index in [2.05, 4.69) is 9.80 Å². The van der Waals surface area contributed by atoms with Gasteiger partial charge in [-0.3, -0.25) is 4.79 Å². The Kier molecular flexibility index (Phi) is 7.74. The summed E-state index contributed by atoms with van der Waals surface area (Å²) < 4.78 is 6.25.